The van der Waals surface area contributed by atoms with Crippen molar-refractivity contribution in [3.8, 4) is 5.75 Å². The Bertz CT molecular complexity index is 911. The lowest BCUT2D eigenvalue weighted by Crippen LogP contribution is -2.30. The van der Waals surface area contributed by atoms with Crippen LogP contribution in [0.1, 0.15) is 25.0 Å². The molecular formula is C19H23F3N2O3S. The molecule has 0 aliphatic heterocycles. The summed E-state index contributed by atoms with van der Waals surface area (Å²) in [6.07, 6.45) is -4.48. The molecule has 2 aromatic carbocycles. The number of nitrogens with one attached hydrogen (secondary N) is 1. The van der Waals surface area contributed by atoms with Crippen molar-refractivity contribution >= 4 is 15.7 Å². The highest BCUT2D eigenvalue weighted by Gasteiger charge is 2.32. The molecule has 0 heterocycles. The summed E-state index contributed by atoms with van der Waals surface area (Å²) in [5, 5.41) is 2.87. The van der Waals surface area contributed by atoms with E-state index in [1.54, 1.807) is 13.8 Å². The molecule has 2 aromatic rings. The zero-order chi connectivity index (χ0) is 20.9. The molecule has 0 spiro atoms. The molecule has 5 nitrogen and oxygen atoms in total. The number of sulfonamides is 1. The summed E-state index contributed by atoms with van der Waals surface area (Å²) in [7, 11) is -2.30. The van der Waals surface area contributed by atoms with Crippen LogP contribution in [-0.4, -0.2) is 32.9 Å². The zero-order valence-electron chi connectivity index (χ0n) is 15.9. The van der Waals surface area contributed by atoms with Gasteiger partial charge in [-0.15, -0.1) is 0 Å². The minimum Gasteiger partial charge on any atom is -0.495 e. The lowest BCUT2D eigenvalue weighted by molar-refractivity contribution is -0.138. The summed E-state index contributed by atoms with van der Waals surface area (Å²) < 4.78 is 71.5. The minimum absolute atomic E-state index is 0.0450. The number of hydrogen-bond donors (Lipinski definition) is 1. The lowest BCUT2D eigenvalue weighted by Gasteiger charge is -2.20. The van der Waals surface area contributed by atoms with Crippen LogP contribution < -0.4 is 10.1 Å². The molecule has 0 fully saturated rings. The Balaban J connectivity index is 2.37. The second kappa shape index (κ2) is 8.83. The van der Waals surface area contributed by atoms with Crippen molar-refractivity contribution in [2.24, 2.45) is 0 Å². The van der Waals surface area contributed by atoms with Crippen LogP contribution in [0.3, 0.4) is 0 Å². The van der Waals surface area contributed by atoms with Crippen LogP contribution in [0.4, 0.5) is 18.9 Å². The average molecular weight is 416 g/mol. The van der Waals surface area contributed by atoms with Gasteiger partial charge in [0.15, 0.2) is 0 Å². The summed E-state index contributed by atoms with van der Waals surface area (Å²) in [5.41, 5.74) is -0.393. The van der Waals surface area contributed by atoms with Gasteiger partial charge < -0.3 is 10.1 Å². The Hall–Kier alpha value is -2.26. The van der Waals surface area contributed by atoms with Gasteiger partial charge in [-0.1, -0.05) is 32.0 Å². The van der Waals surface area contributed by atoms with Crippen LogP contribution in [0.2, 0.25) is 0 Å². The van der Waals surface area contributed by atoms with Gasteiger partial charge in [0.25, 0.3) is 0 Å². The third-order valence-electron chi connectivity index (χ3n) is 4.31. The second-order valence-corrected chi connectivity index (χ2v) is 7.90. The number of anilines is 1. The van der Waals surface area contributed by atoms with Gasteiger partial charge in [0.05, 0.1) is 23.3 Å². The molecule has 1 N–H and O–H groups in total. The fraction of sp³-hybridized carbons (Fsp3) is 0.368. The third kappa shape index (κ3) is 4.77. The molecule has 28 heavy (non-hydrogen) atoms. The number of halogens is 3. The largest absolute Gasteiger partial charge is 0.495 e. The van der Waals surface area contributed by atoms with E-state index in [1.165, 1.54) is 47.8 Å². The first kappa shape index (κ1) is 22.0. The highest BCUT2D eigenvalue weighted by Crippen LogP contribution is 2.33. The Labute approximate surface area is 163 Å². The van der Waals surface area contributed by atoms with E-state index in [1.807, 2.05) is 0 Å². The van der Waals surface area contributed by atoms with Crippen molar-refractivity contribution in [3.05, 3.63) is 53.6 Å². The maximum Gasteiger partial charge on any atom is 0.416 e. The topological polar surface area (TPSA) is 58.6 Å². The molecule has 0 unspecified atom stereocenters. The van der Waals surface area contributed by atoms with Crippen molar-refractivity contribution in [1.29, 1.82) is 0 Å². The average Bonchev–Trinajstić information content (AvgIpc) is 2.66. The van der Waals surface area contributed by atoms with E-state index in [4.69, 9.17) is 4.74 Å². The number of hydrogen-bond acceptors (Lipinski definition) is 4. The first-order valence-corrected chi connectivity index (χ1v) is 10.2. The van der Waals surface area contributed by atoms with Crippen LogP contribution >= 0.6 is 0 Å². The van der Waals surface area contributed by atoms with Gasteiger partial charge in [-0.25, -0.2) is 8.42 Å². The number of benzene rings is 2. The number of alkyl halides is 3. The number of ether oxygens (including phenoxy) is 1. The third-order valence-corrected chi connectivity index (χ3v) is 6.35. The van der Waals surface area contributed by atoms with E-state index < -0.39 is 21.8 Å². The number of methoxy groups -OCH3 is 1. The number of nitrogens with zero attached hydrogens (tertiary/aromatic N) is 1. The summed E-state index contributed by atoms with van der Waals surface area (Å²) >= 11 is 0. The minimum atomic E-state index is -4.48. The highest BCUT2D eigenvalue weighted by atomic mass is 32.2. The van der Waals surface area contributed by atoms with Crippen LogP contribution in [0.25, 0.3) is 0 Å². The summed E-state index contributed by atoms with van der Waals surface area (Å²) in [5.74, 6) is 0.336. The second-order valence-electron chi connectivity index (χ2n) is 5.96. The quantitative estimate of drug-likeness (QED) is 0.695. The van der Waals surface area contributed by atoms with E-state index in [9.17, 15) is 21.6 Å². The molecule has 154 valence electrons. The van der Waals surface area contributed by atoms with Gasteiger partial charge in [0.2, 0.25) is 10.0 Å². The molecule has 0 saturated carbocycles. The Morgan fingerprint density at radius 1 is 1.07 bits per heavy atom. The monoisotopic (exact) mass is 416 g/mol. The number of rotatable bonds is 8. The molecule has 0 amide bonds. The van der Waals surface area contributed by atoms with E-state index in [0.29, 0.717) is 24.5 Å². The Kier molecular flexibility index (Phi) is 6.95. The summed E-state index contributed by atoms with van der Waals surface area (Å²) in [6.45, 7) is 3.95. The summed E-state index contributed by atoms with van der Waals surface area (Å²) in [6, 6.07) is 9.50. The SMILES string of the molecule is CCN(CC)S(=O)(=O)c1ccc(OC)c(NCc2ccccc2C(F)(F)F)c1. The predicted molar refractivity (Wildman–Crippen MR) is 102 cm³/mol. The maximum absolute atomic E-state index is 13.2. The fourth-order valence-corrected chi connectivity index (χ4v) is 4.32. The molecule has 0 bridgehead atoms. The molecule has 0 atom stereocenters. The van der Waals surface area contributed by atoms with Crippen LogP contribution in [0, 0.1) is 0 Å². The van der Waals surface area contributed by atoms with Crippen molar-refractivity contribution in [1.82, 2.24) is 4.31 Å². The maximum atomic E-state index is 13.2. The standard InChI is InChI=1S/C19H23F3N2O3S/c1-4-24(5-2)28(25,26)15-10-11-18(27-3)17(12-15)23-13-14-8-6-7-9-16(14)19(20,21)22/h6-12,23H,4-5,13H2,1-3H3. The van der Waals surface area contributed by atoms with Crippen molar-refractivity contribution in [2.45, 2.75) is 31.5 Å². The molecule has 0 aliphatic rings. The predicted octanol–water partition coefficient (Wildman–Crippen LogP) is 4.36. The molecule has 9 heteroatoms. The molecule has 0 aliphatic carbocycles. The molecule has 0 radical (unpaired) electrons. The van der Waals surface area contributed by atoms with Crippen molar-refractivity contribution in [2.75, 3.05) is 25.5 Å². The van der Waals surface area contributed by atoms with Gasteiger partial charge in [0, 0.05) is 19.6 Å². The van der Waals surface area contributed by atoms with Crippen LogP contribution in [0.15, 0.2) is 47.4 Å². The van der Waals surface area contributed by atoms with Crippen molar-refractivity contribution < 1.29 is 26.3 Å². The van der Waals surface area contributed by atoms with E-state index in [0.717, 1.165) is 6.07 Å². The summed E-state index contributed by atoms with van der Waals surface area (Å²) in [4.78, 5) is 0.0450. The van der Waals surface area contributed by atoms with Gasteiger partial charge in [-0.2, -0.15) is 17.5 Å². The van der Waals surface area contributed by atoms with Gasteiger partial charge in [0.1, 0.15) is 5.75 Å². The molecule has 0 aromatic heterocycles. The van der Waals surface area contributed by atoms with E-state index in [-0.39, 0.29) is 17.0 Å². The van der Waals surface area contributed by atoms with Gasteiger partial charge in [-0.3, -0.25) is 0 Å². The van der Waals surface area contributed by atoms with Gasteiger partial charge in [-0.05, 0) is 29.8 Å². The lowest BCUT2D eigenvalue weighted by atomic mass is 10.1. The molecule has 2 rings (SSSR count). The smallest absolute Gasteiger partial charge is 0.416 e. The Morgan fingerprint density at radius 3 is 2.29 bits per heavy atom. The van der Waals surface area contributed by atoms with Gasteiger partial charge >= 0.3 is 6.18 Å². The van der Waals surface area contributed by atoms with E-state index >= 15 is 0 Å². The fourth-order valence-electron chi connectivity index (χ4n) is 2.84. The van der Waals surface area contributed by atoms with E-state index in [2.05, 4.69) is 5.32 Å². The molecule has 0 saturated heterocycles. The van der Waals surface area contributed by atoms with Crippen LogP contribution in [-0.2, 0) is 22.7 Å². The first-order valence-electron chi connectivity index (χ1n) is 8.72. The normalized spacial score (nSPS) is 12.2. The molecular weight excluding hydrogens is 393 g/mol. The Morgan fingerprint density at radius 2 is 1.71 bits per heavy atom. The zero-order valence-corrected chi connectivity index (χ0v) is 16.7. The highest BCUT2D eigenvalue weighted by molar-refractivity contribution is 7.89. The first-order chi connectivity index (χ1) is 13.1. The van der Waals surface area contributed by atoms with Crippen molar-refractivity contribution in [3.63, 3.8) is 0 Å². The van der Waals surface area contributed by atoms with Crippen LogP contribution in [0.5, 0.6) is 5.75 Å².